The maximum absolute atomic E-state index is 6.55. The Kier molecular flexibility index (Phi) is 4.45. The number of hydrogen-bond donors (Lipinski definition) is 0. The van der Waals surface area contributed by atoms with E-state index in [4.69, 9.17) is 26.1 Å². The van der Waals surface area contributed by atoms with E-state index in [2.05, 4.69) is 51.1 Å². The van der Waals surface area contributed by atoms with Crippen molar-refractivity contribution in [2.45, 2.75) is 56.1 Å². The first kappa shape index (κ1) is 21.1. The van der Waals surface area contributed by atoms with Gasteiger partial charge >= 0.3 is 0 Å². The maximum atomic E-state index is 6.55. The van der Waals surface area contributed by atoms with Crippen LogP contribution in [0.25, 0.3) is 21.9 Å². The van der Waals surface area contributed by atoms with Crippen LogP contribution in [0.1, 0.15) is 32.0 Å². The van der Waals surface area contributed by atoms with Gasteiger partial charge in [-0.25, -0.2) is 9.97 Å². The summed E-state index contributed by atoms with van der Waals surface area (Å²) in [5.74, 6) is 0.857. The molecule has 2 saturated carbocycles. The molecule has 1 aromatic carbocycles. The molecule has 3 fully saturated rings. The van der Waals surface area contributed by atoms with Crippen LogP contribution in [0.4, 0.5) is 0 Å². The molecule has 5 atom stereocenters. The SMILES string of the molecule is Cc1ccc2ccc(SC[C@]34C[C@@H]3[C@@H](n3ccc5c(Cl)ncnc53)[C@@H]3OC(C)(C)O[C@@H]34)cc2n1. The van der Waals surface area contributed by atoms with E-state index in [1.165, 1.54) is 16.6 Å². The lowest BCUT2D eigenvalue weighted by Crippen LogP contribution is -2.32. The van der Waals surface area contributed by atoms with Crippen LogP contribution in [-0.4, -0.2) is 43.3 Å². The van der Waals surface area contributed by atoms with E-state index in [0.29, 0.717) is 11.1 Å². The highest BCUT2D eigenvalue weighted by atomic mass is 35.5. The third-order valence-corrected chi connectivity index (χ3v) is 9.29. The first-order valence-electron chi connectivity index (χ1n) is 11.7. The lowest BCUT2D eigenvalue weighted by molar-refractivity contribution is -0.160. The normalized spacial score (nSPS) is 31.2. The minimum Gasteiger partial charge on any atom is -0.344 e. The molecule has 4 heterocycles. The van der Waals surface area contributed by atoms with Crippen molar-refractivity contribution in [1.82, 2.24) is 19.5 Å². The van der Waals surface area contributed by atoms with Crippen LogP contribution in [0, 0.1) is 18.3 Å². The molecule has 3 aliphatic rings. The van der Waals surface area contributed by atoms with Crippen molar-refractivity contribution >= 4 is 45.3 Å². The van der Waals surface area contributed by atoms with Gasteiger partial charge in [-0.1, -0.05) is 23.7 Å². The molecule has 3 aromatic heterocycles. The van der Waals surface area contributed by atoms with Gasteiger partial charge in [-0.3, -0.25) is 4.98 Å². The molecule has 2 aliphatic carbocycles. The second kappa shape index (κ2) is 7.17. The van der Waals surface area contributed by atoms with Crippen molar-refractivity contribution in [2.75, 3.05) is 5.75 Å². The summed E-state index contributed by atoms with van der Waals surface area (Å²) in [6.45, 7) is 6.07. The quantitative estimate of drug-likeness (QED) is 0.264. The molecule has 7 rings (SSSR count). The predicted octanol–water partition coefficient (Wildman–Crippen LogP) is 5.81. The zero-order chi connectivity index (χ0) is 23.2. The van der Waals surface area contributed by atoms with Crippen LogP contribution in [-0.2, 0) is 9.47 Å². The second-order valence-electron chi connectivity index (χ2n) is 10.3. The molecule has 0 unspecified atom stereocenters. The van der Waals surface area contributed by atoms with Gasteiger partial charge in [-0.15, -0.1) is 11.8 Å². The molecule has 0 radical (unpaired) electrons. The van der Waals surface area contributed by atoms with Gasteiger partial charge in [0.25, 0.3) is 0 Å². The van der Waals surface area contributed by atoms with Crippen molar-refractivity contribution < 1.29 is 9.47 Å². The molecule has 174 valence electrons. The van der Waals surface area contributed by atoms with Crippen LogP contribution in [0.2, 0.25) is 5.15 Å². The van der Waals surface area contributed by atoms with Crippen LogP contribution in [0.5, 0.6) is 0 Å². The number of halogens is 1. The molecule has 0 N–H and O–H groups in total. The van der Waals surface area contributed by atoms with Crippen LogP contribution in [0.3, 0.4) is 0 Å². The second-order valence-corrected chi connectivity index (χ2v) is 11.7. The van der Waals surface area contributed by atoms with E-state index in [1.54, 1.807) is 0 Å². The van der Waals surface area contributed by atoms with E-state index in [-0.39, 0.29) is 23.7 Å². The summed E-state index contributed by atoms with van der Waals surface area (Å²) < 4.78 is 15.3. The molecule has 34 heavy (non-hydrogen) atoms. The van der Waals surface area contributed by atoms with E-state index < -0.39 is 5.79 Å². The monoisotopic (exact) mass is 492 g/mol. The summed E-state index contributed by atoms with van der Waals surface area (Å²) in [5, 5.41) is 2.54. The van der Waals surface area contributed by atoms with E-state index >= 15 is 0 Å². The Labute approximate surface area is 207 Å². The number of ether oxygens (including phenoxy) is 2. The maximum Gasteiger partial charge on any atom is 0.163 e. The molecule has 8 heteroatoms. The number of hydrogen-bond acceptors (Lipinski definition) is 6. The Morgan fingerprint density at radius 3 is 2.88 bits per heavy atom. The molecule has 6 nitrogen and oxygen atoms in total. The summed E-state index contributed by atoms with van der Waals surface area (Å²) >= 11 is 8.25. The van der Waals surface area contributed by atoms with Gasteiger partial charge in [-0.2, -0.15) is 0 Å². The summed E-state index contributed by atoms with van der Waals surface area (Å²) in [7, 11) is 0. The van der Waals surface area contributed by atoms with Crippen LogP contribution < -0.4 is 0 Å². The van der Waals surface area contributed by atoms with E-state index in [1.807, 2.05) is 38.6 Å². The molecule has 0 bridgehead atoms. The number of rotatable bonds is 4. The zero-order valence-corrected chi connectivity index (χ0v) is 20.8. The first-order chi connectivity index (χ1) is 16.3. The third-order valence-electron chi connectivity index (χ3n) is 7.72. The summed E-state index contributed by atoms with van der Waals surface area (Å²) in [5.41, 5.74) is 3.03. The number of nitrogens with zero attached hydrogens (tertiary/aromatic N) is 4. The molecule has 1 aliphatic heterocycles. The number of thioether (sulfide) groups is 1. The summed E-state index contributed by atoms with van der Waals surface area (Å²) in [6, 6.07) is 12.9. The lowest BCUT2D eigenvalue weighted by Gasteiger charge is -2.24. The Morgan fingerprint density at radius 1 is 1.15 bits per heavy atom. The fraction of sp³-hybridized carbons (Fsp3) is 0.423. The average Bonchev–Trinajstić information content (AvgIpc) is 3.05. The molecule has 0 amide bonds. The Bertz CT molecular complexity index is 1460. The van der Waals surface area contributed by atoms with Crippen molar-refractivity contribution in [1.29, 1.82) is 0 Å². The number of benzene rings is 1. The van der Waals surface area contributed by atoms with Gasteiger partial charge in [0.1, 0.15) is 23.2 Å². The number of aryl methyl sites for hydroxylation is 1. The lowest BCUT2D eigenvalue weighted by atomic mass is 10.0. The summed E-state index contributed by atoms with van der Waals surface area (Å²) in [4.78, 5) is 14.7. The standard InChI is InChI=1S/C26H25ClN4O2S/c1-14-4-5-15-6-7-16(10-19(15)30-14)34-12-26-11-18(26)20(21-22(26)33-25(2,3)32-21)31-9-8-17-23(27)28-13-29-24(17)31/h4-10,13,18,20-22H,11-12H2,1-3H3/t18-,20-,21+,22+,26-/m1/s1. The minimum absolute atomic E-state index is 0.0142. The van der Waals surface area contributed by atoms with Crippen LogP contribution in [0.15, 0.2) is 53.8 Å². The van der Waals surface area contributed by atoms with Crippen molar-refractivity contribution in [3.63, 3.8) is 0 Å². The Morgan fingerprint density at radius 2 is 2.00 bits per heavy atom. The minimum atomic E-state index is -0.598. The van der Waals surface area contributed by atoms with E-state index in [9.17, 15) is 0 Å². The number of pyridine rings is 1. The highest BCUT2D eigenvalue weighted by Gasteiger charge is 2.75. The largest absolute Gasteiger partial charge is 0.344 e. The van der Waals surface area contributed by atoms with Gasteiger partial charge in [0.05, 0.1) is 23.0 Å². The zero-order valence-electron chi connectivity index (χ0n) is 19.2. The molecule has 1 saturated heterocycles. The van der Waals surface area contributed by atoms with Gasteiger partial charge < -0.3 is 14.0 Å². The first-order valence-corrected chi connectivity index (χ1v) is 13.0. The topological polar surface area (TPSA) is 62.1 Å². The highest BCUT2D eigenvalue weighted by Crippen LogP contribution is 2.72. The average molecular weight is 493 g/mol. The fourth-order valence-corrected chi connectivity index (χ4v) is 7.62. The van der Waals surface area contributed by atoms with Crippen molar-refractivity contribution in [3.05, 3.63) is 59.8 Å². The van der Waals surface area contributed by atoms with Crippen LogP contribution >= 0.6 is 23.4 Å². The number of aromatic nitrogens is 4. The highest BCUT2D eigenvalue weighted by molar-refractivity contribution is 7.99. The molecule has 4 aromatic rings. The fourth-order valence-electron chi connectivity index (χ4n) is 6.14. The van der Waals surface area contributed by atoms with Gasteiger partial charge in [-0.05, 0) is 57.4 Å². The Balaban J connectivity index is 1.22. The van der Waals surface area contributed by atoms with E-state index in [0.717, 1.165) is 34.4 Å². The van der Waals surface area contributed by atoms with Crippen molar-refractivity contribution in [3.8, 4) is 0 Å². The molecular weight excluding hydrogens is 468 g/mol. The summed E-state index contributed by atoms with van der Waals surface area (Å²) in [6.07, 6.45) is 4.78. The smallest absolute Gasteiger partial charge is 0.163 e. The number of fused-ring (bicyclic) bond motifs is 5. The van der Waals surface area contributed by atoms with Gasteiger partial charge in [0.15, 0.2) is 5.79 Å². The predicted molar refractivity (Wildman–Crippen MR) is 133 cm³/mol. The van der Waals surface area contributed by atoms with Crippen molar-refractivity contribution in [2.24, 2.45) is 11.3 Å². The Hall–Kier alpha value is -2.19. The molecule has 0 spiro atoms. The molecular formula is C26H25ClN4O2S. The third kappa shape index (κ3) is 3.07. The van der Waals surface area contributed by atoms with Gasteiger partial charge in [0.2, 0.25) is 0 Å². The van der Waals surface area contributed by atoms with Gasteiger partial charge in [0, 0.05) is 33.3 Å².